The van der Waals surface area contributed by atoms with E-state index < -0.39 is 8.07 Å². The number of hydrogen-bond donors (Lipinski definition) is 0. The lowest BCUT2D eigenvalue weighted by atomic mass is 9.77. The number of benzene rings is 5. The lowest BCUT2D eigenvalue weighted by molar-refractivity contribution is 0.0900. The van der Waals surface area contributed by atoms with Gasteiger partial charge in [-0.15, -0.1) is 11.5 Å². The summed E-state index contributed by atoms with van der Waals surface area (Å²) in [6, 6.07) is 34.9. The van der Waals surface area contributed by atoms with Crippen LogP contribution in [0.5, 0.6) is 0 Å². The van der Waals surface area contributed by atoms with E-state index in [2.05, 4.69) is 181 Å². The zero-order valence-corrected chi connectivity index (χ0v) is 36.3. The van der Waals surface area contributed by atoms with Gasteiger partial charge in [0, 0.05) is 23.1 Å². The molecular weight excluding hydrogens is 693 g/mol. The molecule has 1 nitrogen and oxygen atoms in total. The highest BCUT2D eigenvalue weighted by Crippen LogP contribution is 2.41. The molecule has 0 aromatic heterocycles. The highest BCUT2D eigenvalue weighted by Gasteiger charge is 2.41. The Labute approximate surface area is 340 Å². The second-order valence-corrected chi connectivity index (χ2v) is 22.7. The van der Waals surface area contributed by atoms with Gasteiger partial charge in [-0.2, -0.15) is 0 Å². The van der Waals surface area contributed by atoms with Crippen LogP contribution in [0.25, 0.3) is 21.5 Å². The number of hydrogen-bond acceptors (Lipinski definition) is 1. The Bertz CT molecular complexity index is 2260. The van der Waals surface area contributed by atoms with Gasteiger partial charge in [0.1, 0.15) is 14.2 Å². The standard InChI is InChI=1S/C54H62OSi/c1-9-15-43-23-27-45(28-24-43)46-29-25-44(26-30-46)22-21-42(8)55-38-50-34-33-48-17-11-13-20-52(48)54(50)36-35-53-49(32-31-47-16-10-12-19-51(47)53)18-14-37-56(39(2)3,40(4)5)41(6)7/h10-13,16-17,19-20,25-26,29-34,39-43,45H,9,15,18,23-24,27-28,38H2,1-8H3/t42-,43?,45?/m0/s1. The van der Waals surface area contributed by atoms with E-state index in [0.717, 1.165) is 33.6 Å². The van der Waals surface area contributed by atoms with Crippen molar-refractivity contribution in [3.63, 3.8) is 0 Å². The van der Waals surface area contributed by atoms with Gasteiger partial charge in [-0.3, -0.25) is 0 Å². The lowest BCUT2D eigenvalue weighted by Gasteiger charge is -2.38. The molecular formula is C54H62OSi. The Morgan fingerprint density at radius 1 is 0.625 bits per heavy atom. The smallest absolute Gasteiger partial charge is 0.145 e. The Hall–Kier alpha value is -4.52. The molecule has 0 heterocycles. The molecule has 1 atom stereocenters. The summed E-state index contributed by atoms with van der Waals surface area (Å²) in [4.78, 5) is 0. The summed E-state index contributed by atoms with van der Waals surface area (Å²) in [6.45, 7) is 19.1. The second kappa shape index (κ2) is 19.1. The Morgan fingerprint density at radius 3 is 1.75 bits per heavy atom. The largest absolute Gasteiger partial charge is 0.361 e. The van der Waals surface area contributed by atoms with E-state index in [9.17, 15) is 0 Å². The molecule has 0 radical (unpaired) electrons. The molecule has 5 aromatic rings. The fourth-order valence-corrected chi connectivity index (χ4v) is 14.8. The first-order valence-electron chi connectivity index (χ1n) is 21.4. The van der Waals surface area contributed by atoms with Crippen LogP contribution in [0.2, 0.25) is 16.6 Å². The molecule has 5 aromatic carbocycles. The first-order valence-corrected chi connectivity index (χ1v) is 23.6. The summed E-state index contributed by atoms with van der Waals surface area (Å²) in [5, 5.41) is 4.68. The molecule has 0 saturated heterocycles. The fourth-order valence-electron chi connectivity index (χ4n) is 9.52. The van der Waals surface area contributed by atoms with Crippen LogP contribution in [-0.2, 0) is 17.8 Å². The van der Waals surface area contributed by atoms with Crippen molar-refractivity contribution in [3.05, 3.63) is 130 Å². The third-order valence-corrected chi connectivity index (χ3v) is 19.0. The van der Waals surface area contributed by atoms with Crippen molar-refractivity contribution >= 4 is 29.6 Å². The van der Waals surface area contributed by atoms with E-state index in [1.165, 1.54) is 65.8 Å². The van der Waals surface area contributed by atoms with E-state index >= 15 is 0 Å². The molecule has 0 amide bonds. The van der Waals surface area contributed by atoms with Crippen LogP contribution >= 0.6 is 0 Å². The topological polar surface area (TPSA) is 9.23 Å². The van der Waals surface area contributed by atoms with Crippen molar-refractivity contribution in [1.29, 1.82) is 0 Å². The van der Waals surface area contributed by atoms with Crippen molar-refractivity contribution in [2.45, 2.75) is 136 Å². The third kappa shape index (κ3) is 9.53. The van der Waals surface area contributed by atoms with E-state index in [1.54, 1.807) is 0 Å². The van der Waals surface area contributed by atoms with Crippen LogP contribution in [0.3, 0.4) is 0 Å². The van der Waals surface area contributed by atoms with Gasteiger partial charge in [-0.05, 0) is 111 Å². The summed E-state index contributed by atoms with van der Waals surface area (Å²) in [7, 11) is -1.84. The maximum atomic E-state index is 6.42. The van der Waals surface area contributed by atoms with Crippen molar-refractivity contribution in [1.82, 2.24) is 0 Å². The maximum Gasteiger partial charge on any atom is 0.145 e. The van der Waals surface area contributed by atoms with Gasteiger partial charge in [-0.25, -0.2) is 0 Å². The van der Waals surface area contributed by atoms with Gasteiger partial charge in [0.25, 0.3) is 0 Å². The molecule has 2 heteroatoms. The molecule has 56 heavy (non-hydrogen) atoms. The number of fused-ring (bicyclic) bond motifs is 2. The molecule has 1 saturated carbocycles. The van der Waals surface area contributed by atoms with Crippen LogP contribution in [0.4, 0.5) is 0 Å². The van der Waals surface area contributed by atoms with Gasteiger partial charge in [0.05, 0.1) is 6.61 Å². The van der Waals surface area contributed by atoms with E-state index in [-0.39, 0.29) is 6.10 Å². The zero-order chi connectivity index (χ0) is 39.7. The lowest BCUT2D eigenvalue weighted by Crippen LogP contribution is -2.43. The van der Waals surface area contributed by atoms with Crippen molar-refractivity contribution < 1.29 is 4.74 Å². The van der Waals surface area contributed by atoms with Gasteiger partial charge >= 0.3 is 0 Å². The predicted molar refractivity (Wildman–Crippen MR) is 244 cm³/mol. The van der Waals surface area contributed by atoms with Crippen LogP contribution in [-0.4, -0.2) is 14.2 Å². The molecule has 1 aliphatic carbocycles. The van der Waals surface area contributed by atoms with Gasteiger partial charge in [0.2, 0.25) is 0 Å². The Kier molecular flexibility index (Phi) is 14.0. The van der Waals surface area contributed by atoms with Gasteiger partial charge in [-0.1, -0.05) is 170 Å². The minimum atomic E-state index is -1.84. The summed E-state index contributed by atoms with van der Waals surface area (Å²) < 4.78 is 6.42. The predicted octanol–water partition coefficient (Wildman–Crippen LogP) is 14.2. The van der Waals surface area contributed by atoms with E-state index in [1.807, 2.05) is 6.92 Å². The molecule has 0 bridgehead atoms. The molecule has 6 rings (SSSR count). The normalized spacial score (nSPS) is 16.3. The highest BCUT2D eigenvalue weighted by atomic mass is 28.3. The average Bonchev–Trinajstić information content (AvgIpc) is 3.20. The van der Waals surface area contributed by atoms with Crippen molar-refractivity contribution in [3.8, 4) is 35.1 Å². The zero-order valence-electron chi connectivity index (χ0n) is 35.3. The quantitative estimate of drug-likeness (QED) is 0.102. The van der Waals surface area contributed by atoms with Crippen LogP contribution in [0.1, 0.15) is 133 Å². The first-order chi connectivity index (χ1) is 27.1. The summed E-state index contributed by atoms with van der Waals surface area (Å²) in [5.74, 6) is 19.5. The van der Waals surface area contributed by atoms with E-state index in [4.69, 9.17) is 4.74 Å². The minimum Gasteiger partial charge on any atom is -0.361 e. The van der Waals surface area contributed by atoms with Crippen LogP contribution in [0, 0.1) is 41.1 Å². The molecule has 1 fully saturated rings. The minimum absolute atomic E-state index is 0.225. The summed E-state index contributed by atoms with van der Waals surface area (Å²) >= 11 is 0. The average molecular weight is 755 g/mol. The molecule has 0 spiro atoms. The van der Waals surface area contributed by atoms with Crippen LogP contribution < -0.4 is 0 Å². The maximum absolute atomic E-state index is 6.42. The highest BCUT2D eigenvalue weighted by molar-refractivity contribution is 6.90. The monoisotopic (exact) mass is 754 g/mol. The summed E-state index contributed by atoms with van der Waals surface area (Å²) in [5.41, 5.74) is 12.6. The fraction of sp³-hybridized carbons (Fsp3) is 0.407. The molecule has 1 aliphatic rings. The van der Waals surface area contributed by atoms with Crippen LogP contribution in [0.15, 0.2) is 97.1 Å². The SMILES string of the molecule is CCCC1CCC(c2ccc(C#C[C@H](C)OCc3ccc4ccccc4c3C#Cc3c(CC#C[Si](C(C)C)(C(C)C)C(C)C)ccc4ccccc34)cc2)CC1. The Morgan fingerprint density at radius 2 is 1.18 bits per heavy atom. The van der Waals surface area contributed by atoms with Gasteiger partial charge in [0.15, 0.2) is 0 Å². The molecule has 288 valence electrons. The van der Waals surface area contributed by atoms with Crippen molar-refractivity contribution in [2.75, 3.05) is 0 Å². The summed E-state index contributed by atoms with van der Waals surface area (Å²) in [6.07, 6.45) is 8.54. The number of ether oxygens (including phenoxy) is 1. The molecule has 0 N–H and O–H groups in total. The first kappa shape index (κ1) is 41.1. The Balaban J connectivity index is 1.25. The third-order valence-electron chi connectivity index (χ3n) is 12.6. The second-order valence-electron chi connectivity index (χ2n) is 17.1. The van der Waals surface area contributed by atoms with Gasteiger partial charge < -0.3 is 4.74 Å². The van der Waals surface area contributed by atoms with E-state index in [0.29, 0.717) is 35.6 Å². The van der Waals surface area contributed by atoms with Crippen molar-refractivity contribution in [2.24, 2.45) is 5.92 Å². The molecule has 0 unspecified atom stereocenters. The molecule has 0 aliphatic heterocycles. The number of rotatable bonds is 10.